The van der Waals surface area contributed by atoms with Crippen LogP contribution in [0.1, 0.15) is 19.8 Å². The molecule has 0 unspecified atom stereocenters. The molecule has 0 heterocycles. The van der Waals surface area contributed by atoms with Crippen LogP contribution in [0.3, 0.4) is 0 Å². The molecule has 0 aliphatic heterocycles. The molecule has 16 heavy (non-hydrogen) atoms. The summed E-state index contributed by atoms with van der Waals surface area (Å²) in [5, 5.41) is 3.23. The third kappa shape index (κ3) is 4.94. The molecular weight excluding hydrogens is 273 g/mol. The Bertz CT molecular complexity index is 320. The first kappa shape index (κ1) is 13.5. The predicted molar refractivity (Wildman–Crippen MR) is 67.4 cm³/mol. The lowest BCUT2D eigenvalue weighted by molar-refractivity contribution is 0.298. The van der Waals surface area contributed by atoms with E-state index in [1.165, 1.54) is 12.5 Å². The summed E-state index contributed by atoms with van der Waals surface area (Å²) >= 11 is 3.20. The number of hydrogen-bond acceptors (Lipinski definition) is 2. The van der Waals surface area contributed by atoms with Crippen LogP contribution >= 0.6 is 15.9 Å². The molecule has 90 valence electrons. The number of unbranched alkanes of at least 4 members (excludes halogenated alkanes) is 1. The van der Waals surface area contributed by atoms with E-state index in [0.717, 1.165) is 24.0 Å². The zero-order valence-corrected chi connectivity index (χ0v) is 11.0. The van der Waals surface area contributed by atoms with E-state index in [-0.39, 0.29) is 5.82 Å². The van der Waals surface area contributed by atoms with Crippen LogP contribution in [-0.4, -0.2) is 19.7 Å². The van der Waals surface area contributed by atoms with E-state index in [0.29, 0.717) is 12.4 Å². The first-order valence-electron chi connectivity index (χ1n) is 5.52. The molecule has 0 fully saturated rings. The normalized spacial score (nSPS) is 10.4. The molecule has 2 nitrogen and oxygen atoms in total. The molecule has 0 atom stereocenters. The van der Waals surface area contributed by atoms with Gasteiger partial charge in [-0.2, -0.15) is 0 Å². The van der Waals surface area contributed by atoms with Gasteiger partial charge in [-0.15, -0.1) is 0 Å². The van der Waals surface area contributed by atoms with Gasteiger partial charge in [-0.1, -0.05) is 29.3 Å². The summed E-state index contributed by atoms with van der Waals surface area (Å²) in [5.74, 6) is -0.0246. The molecule has 0 saturated heterocycles. The third-order valence-corrected chi connectivity index (χ3v) is 2.63. The second kappa shape index (κ2) is 7.63. The van der Waals surface area contributed by atoms with E-state index in [4.69, 9.17) is 4.74 Å². The fourth-order valence-electron chi connectivity index (χ4n) is 1.25. The van der Waals surface area contributed by atoms with Gasteiger partial charge in [0.1, 0.15) is 6.61 Å². The van der Waals surface area contributed by atoms with E-state index >= 15 is 0 Å². The molecule has 4 heteroatoms. The molecule has 0 amide bonds. The molecule has 0 bridgehead atoms. The lowest BCUT2D eigenvalue weighted by atomic mass is 10.3. The molecule has 1 aromatic rings. The number of rotatable bonds is 7. The lowest BCUT2D eigenvalue weighted by Crippen LogP contribution is -2.22. The number of benzene rings is 1. The van der Waals surface area contributed by atoms with E-state index in [9.17, 15) is 4.39 Å². The van der Waals surface area contributed by atoms with E-state index in [1.54, 1.807) is 12.1 Å². The summed E-state index contributed by atoms with van der Waals surface area (Å²) in [6.45, 7) is 4.37. The highest BCUT2D eigenvalue weighted by Gasteiger charge is 2.02. The fraction of sp³-hybridized carbons (Fsp3) is 0.500. The molecule has 0 aliphatic carbocycles. The molecule has 0 radical (unpaired) electrons. The number of hydrogen-bond donors (Lipinski definition) is 1. The molecule has 0 aliphatic rings. The van der Waals surface area contributed by atoms with Crippen molar-refractivity contribution in [1.29, 1.82) is 0 Å². The zero-order valence-electron chi connectivity index (χ0n) is 9.43. The van der Waals surface area contributed by atoms with Crippen molar-refractivity contribution >= 4 is 15.9 Å². The Kier molecular flexibility index (Phi) is 6.42. The van der Waals surface area contributed by atoms with Crippen molar-refractivity contribution in [3.63, 3.8) is 0 Å². The Morgan fingerprint density at radius 3 is 2.88 bits per heavy atom. The van der Waals surface area contributed by atoms with E-state index < -0.39 is 0 Å². The van der Waals surface area contributed by atoms with Gasteiger partial charge < -0.3 is 10.1 Å². The summed E-state index contributed by atoms with van der Waals surface area (Å²) < 4.78 is 19.3. The average Bonchev–Trinajstić information content (AvgIpc) is 2.26. The Labute approximate surface area is 104 Å². The SMILES string of the molecule is CCCCNCCOc1ccc(Br)cc1F. The minimum Gasteiger partial charge on any atom is -0.489 e. The van der Waals surface area contributed by atoms with Crippen LogP contribution in [0.2, 0.25) is 0 Å². The number of halogens is 2. The fourth-order valence-corrected chi connectivity index (χ4v) is 1.59. The largest absolute Gasteiger partial charge is 0.489 e. The van der Waals surface area contributed by atoms with Crippen molar-refractivity contribution in [3.8, 4) is 5.75 Å². The van der Waals surface area contributed by atoms with Crippen molar-refractivity contribution in [2.24, 2.45) is 0 Å². The van der Waals surface area contributed by atoms with Crippen LogP contribution in [0.15, 0.2) is 22.7 Å². The number of ether oxygens (including phenoxy) is 1. The monoisotopic (exact) mass is 289 g/mol. The minimum atomic E-state index is -0.331. The maximum atomic E-state index is 13.3. The summed E-state index contributed by atoms with van der Waals surface area (Å²) in [6.07, 6.45) is 2.34. The first-order valence-corrected chi connectivity index (χ1v) is 6.32. The Morgan fingerprint density at radius 1 is 1.38 bits per heavy atom. The second-order valence-corrected chi connectivity index (χ2v) is 4.44. The molecular formula is C12H17BrFNO. The van der Waals surface area contributed by atoms with Gasteiger partial charge in [0, 0.05) is 11.0 Å². The molecule has 0 saturated carbocycles. The van der Waals surface area contributed by atoms with E-state index in [1.807, 2.05) is 0 Å². The average molecular weight is 290 g/mol. The van der Waals surface area contributed by atoms with Gasteiger partial charge in [0.05, 0.1) is 0 Å². The highest BCUT2D eigenvalue weighted by molar-refractivity contribution is 9.10. The number of nitrogens with one attached hydrogen (secondary N) is 1. The third-order valence-electron chi connectivity index (χ3n) is 2.14. The van der Waals surface area contributed by atoms with Gasteiger partial charge in [-0.3, -0.25) is 0 Å². The highest BCUT2D eigenvalue weighted by atomic mass is 79.9. The van der Waals surface area contributed by atoms with Crippen molar-refractivity contribution in [3.05, 3.63) is 28.5 Å². The van der Waals surface area contributed by atoms with Gasteiger partial charge in [-0.25, -0.2) is 4.39 Å². The summed E-state index contributed by atoms with van der Waals surface area (Å²) in [4.78, 5) is 0. The molecule has 0 aromatic heterocycles. The predicted octanol–water partition coefficient (Wildman–Crippen LogP) is 3.36. The summed E-state index contributed by atoms with van der Waals surface area (Å²) in [5.41, 5.74) is 0. The quantitative estimate of drug-likeness (QED) is 0.777. The Morgan fingerprint density at radius 2 is 2.19 bits per heavy atom. The van der Waals surface area contributed by atoms with Crippen LogP contribution in [0.25, 0.3) is 0 Å². The topological polar surface area (TPSA) is 21.3 Å². The Balaban J connectivity index is 2.21. The maximum Gasteiger partial charge on any atom is 0.166 e. The van der Waals surface area contributed by atoms with Crippen LogP contribution in [0.4, 0.5) is 4.39 Å². The van der Waals surface area contributed by atoms with Gasteiger partial charge in [-0.05, 0) is 31.2 Å². The minimum absolute atomic E-state index is 0.306. The van der Waals surface area contributed by atoms with Crippen LogP contribution < -0.4 is 10.1 Å². The van der Waals surface area contributed by atoms with Gasteiger partial charge in [0.25, 0.3) is 0 Å². The zero-order chi connectivity index (χ0) is 11.8. The maximum absolute atomic E-state index is 13.3. The molecule has 1 rings (SSSR count). The van der Waals surface area contributed by atoms with Crippen LogP contribution in [0, 0.1) is 5.82 Å². The Hall–Kier alpha value is -0.610. The molecule has 0 spiro atoms. The van der Waals surface area contributed by atoms with Crippen LogP contribution in [-0.2, 0) is 0 Å². The lowest BCUT2D eigenvalue weighted by Gasteiger charge is -2.08. The van der Waals surface area contributed by atoms with Crippen LogP contribution in [0.5, 0.6) is 5.75 Å². The van der Waals surface area contributed by atoms with E-state index in [2.05, 4.69) is 28.2 Å². The summed E-state index contributed by atoms with van der Waals surface area (Å²) in [6, 6.07) is 4.80. The van der Waals surface area contributed by atoms with Crippen molar-refractivity contribution < 1.29 is 9.13 Å². The van der Waals surface area contributed by atoms with Crippen molar-refractivity contribution in [2.75, 3.05) is 19.7 Å². The smallest absolute Gasteiger partial charge is 0.166 e. The highest BCUT2D eigenvalue weighted by Crippen LogP contribution is 2.21. The van der Waals surface area contributed by atoms with Gasteiger partial charge >= 0.3 is 0 Å². The van der Waals surface area contributed by atoms with Gasteiger partial charge in [0.15, 0.2) is 11.6 Å². The standard InChI is InChI=1S/C12H17BrFNO/c1-2-3-6-15-7-8-16-12-5-4-10(13)9-11(12)14/h4-5,9,15H,2-3,6-8H2,1H3. The van der Waals surface area contributed by atoms with Crippen molar-refractivity contribution in [2.45, 2.75) is 19.8 Å². The van der Waals surface area contributed by atoms with Crippen molar-refractivity contribution in [1.82, 2.24) is 5.32 Å². The van der Waals surface area contributed by atoms with Gasteiger partial charge in [0.2, 0.25) is 0 Å². The summed E-state index contributed by atoms with van der Waals surface area (Å²) in [7, 11) is 0. The first-order chi connectivity index (χ1) is 7.74. The second-order valence-electron chi connectivity index (χ2n) is 3.53. The molecule has 1 aromatic carbocycles. The molecule has 1 N–H and O–H groups in total.